The molecule has 0 fully saturated rings. The predicted octanol–water partition coefficient (Wildman–Crippen LogP) is 7.40. The minimum absolute atomic E-state index is 0.142. The van der Waals surface area contributed by atoms with Gasteiger partial charge in [0, 0.05) is 16.0 Å². The normalized spacial score (nSPS) is 12.4. The fraction of sp³-hybridized carbons (Fsp3) is 0.308. The van der Waals surface area contributed by atoms with E-state index in [9.17, 15) is 13.9 Å². The average Bonchev–Trinajstić information content (AvgIpc) is 2.74. The van der Waals surface area contributed by atoms with Crippen molar-refractivity contribution in [3.63, 3.8) is 0 Å². The number of rotatable bonds is 5. The summed E-state index contributed by atoms with van der Waals surface area (Å²) >= 11 is 0.735. The van der Waals surface area contributed by atoms with Crippen LogP contribution >= 0.6 is 11.8 Å². The van der Waals surface area contributed by atoms with Crippen molar-refractivity contribution in [2.75, 3.05) is 5.43 Å². The maximum atomic E-state index is 15.2. The summed E-state index contributed by atoms with van der Waals surface area (Å²) in [7, 11) is 0. The molecule has 0 atom stereocenters. The van der Waals surface area contributed by atoms with Crippen molar-refractivity contribution in [1.29, 1.82) is 0 Å². The predicted molar refractivity (Wildman–Crippen MR) is 131 cm³/mol. The van der Waals surface area contributed by atoms with Gasteiger partial charge in [-0.2, -0.15) is 14.5 Å². The Bertz CT molecular complexity index is 1180. The number of aromatic hydroxyl groups is 1. The molecule has 0 amide bonds. The summed E-state index contributed by atoms with van der Waals surface area (Å²) < 4.78 is 44.1. The van der Waals surface area contributed by atoms with Crippen LogP contribution in [0.25, 0.3) is 0 Å². The minimum Gasteiger partial charge on any atom is -0.507 e. The van der Waals surface area contributed by atoms with Gasteiger partial charge in [-0.25, -0.2) is 8.78 Å². The summed E-state index contributed by atoms with van der Waals surface area (Å²) in [6, 6.07) is 12.4. The fourth-order valence-electron chi connectivity index (χ4n) is 3.29. The molecule has 0 saturated heterocycles. The van der Waals surface area contributed by atoms with Gasteiger partial charge in [-0.05, 0) is 28.5 Å². The Morgan fingerprint density at radius 1 is 0.912 bits per heavy atom. The number of hydrogen-bond acceptors (Lipinski definition) is 5. The van der Waals surface area contributed by atoms with E-state index in [0.29, 0.717) is 16.0 Å². The van der Waals surface area contributed by atoms with Crippen molar-refractivity contribution in [1.82, 2.24) is 4.98 Å². The summed E-state index contributed by atoms with van der Waals surface area (Å²) in [5, 5.41) is 14.8. The molecule has 0 radical (unpaired) electrons. The topological polar surface area (TPSA) is 57.5 Å². The van der Waals surface area contributed by atoms with Gasteiger partial charge in [-0.15, -0.1) is 0 Å². The Morgan fingerprint density at radius 2 is 1.47 bits per heavy atom. The number of nitrogens with one attached hydrogen (secondary N) is 1. The molecule has 0 aliphatic heterocycles. The number of halogens is 3. The number of nitrogens with zero attached hydrogens (tertiary/aromatic N) is 2. The molecule has 0 bridgehead atoms. The lowest BCUT2D eigenvalue weighted by Gasteiger charge is -2.28. The van der Waals surface area contributed by atoms with Gasteiger partial charge in [0.1, 0.15) is 5.75 Å². The maximum Gasteiger partial charge on any atom is 0.252 e. The molecule has 0 unspecified atom stereocenters. The van der Waals surface area contributed by atoms with Gasteiger partial charge in [-0.3, -0.25) is 5.43 Å². The van der Waals surface area contributed by atoms with E-state index in [1.165, 1.54) is 6.21 Å². The Kier molecular flexibility index (Phi) is 7.31. The van der Waals surface area contributed by atoms with E-state index < -0.39 is 39.1 Å². The first kappa shape index (κ1) is 25.6. The van der Waals surface area contributed by atoms with E-state index in [1.807, 2.05) is 59.7 Å². The SMILES string of the molecule is CC(C)(C)c1cc(Sc2c(F)c(F)nc(N/N=C/c3ccccc3)c2F)cc(C(C)(C)C)c1O. The van der Waals surface area contributed by atoms with Crippen molar-refractivity contribution in [2.24, 2.45) is 5.10 Å². The molecular weight excluding hydrogens is 459 g/mol. The average molecular weight is 488 g/mol. The lowest BCUT2D eigenvalue weighted by molar-refractivity contribution is 0.422. The van der Waals surface area contributed by atoms with E-state index in [1.54, 1.807) is 24.3 Å². The number of anilines is 1. The zero-order chi connectivity index (χ0) is 25.3. The Labute approximate surface area is 202 Å². The molecule has 8 heteroatoms. The molecular formula is C26H28F3N3OS. The van der Waals surface area contributed by atoms with Gasteiger partial charge < -0.3 is 5.11 Å². The highest BCUT2D eigenvalue weighted by Gasteiger charge is 2.28. The van der Waals surface area contributed by atoms with Gasteiger partial charge >= 0.3 is 0 Å². The van der Waals surface area contributed by atoms with Crippen LogP contribution in [0.5, 0.6) is 5.75 Å². The van der Waals surface area contributed by atoms with Gasteiger partial charge in [0.15, 0.2) is 17.5 Å². The number of phenolic OH excluding ortho intramolecular Hbond substituents is 1. The third kappa shape index (κ3) is 5.73. The molecule has 1 heterocycles. The van der Waals surface area contributed by atoms with Gasteiger partial charge in [0.25, 0.3) is 5.95 Å². The fourth-order valence-corrected chi connectivity index (χ4v) is 4.24. The maximum absolute atomic E-state index is 15.2. The van der Waals surface area contributed by atoms with Crippen molar-refractivity contribution in [3.8, 4) is 5.75 Å². The van der Waals surface area contributed by atoms with E-state index >= 15 is 4.39 Å². The van der Waals surface area contributed by atoms with Crippen molar-refractivity contribution in [3.05, 3.63) is 76.7 Å². The molecule has 3 aromatic rings. The van der Waals surface area contributed by atoms with Gasteiger partial charge in [0.2, 0.25) is 0 Å². The molecule has 34 heavy (non-hydrogen) atoms. The molecule has 2 N–H and O–H groups in total. The summed E-state index contributed by atoms with van der Waals surface area (Å²) in [4.78, 5) is 3.26. The standard InChI is InChI=1S/C26H28F3N3OS/c1-25(2,3)17-12-16(13-18(21(17)33)26(4,5)6)34-22-19(27)23(29)31-24(20(22)28)32-30-14-15-10-8-7-9-11-15/h7-14,33H,1-6H3,(H,31,32)/b30-14+. The monoisotopic (exact) mass is 487 g/mol. The van der Waals surface area contributed by atoms with Crippen LogP contribution in [-0.2, 0) is 10.8 Å². The number of aromatic nitrogens is 1. The first-order chi connectivity index (χ1) is 15.8. The molecule has 0 saturated carbocycles. The second-order valence-corrected chi connectivity index (χ2v) is 11.0. The lowest BCUT2D eigenvalue weighted by atomic mass is 9.79. The number of hydrazone groups is 1. The number of benzene rings is 2. The largest absolute Gasteiger partial charge is 0.507 e. The number of hydrogen-bond donors (Lipinski definition) is 2. The van der Waals surface area contributed by atoms with Crippen molar-refractivity contribution >= 4 is 23.8 Å². The van der Waals surface area contributed by atoms with E-state index in [0.717, 1.165) is 17.3 Å². The Hall–Kier alpha value is -3.00. The van der Waals surface area contributed by atoms with E-state index in [2.05, 4.69) is 15.5 Å². The quantitative estimate of drug-likeness (QED) is 0.224. The van der Waals surface area contributed by atoms with Crippen LogP contribution in [0.15, 0.2) is 57.4 Å². The third-order valence-electron chi connectivity index (χ3n) is 5.10. The first-order valence-corrected chi connectivity index (χ1v) is 11.5. The number of pyridine rings is 1. The van der Waals surface area contributed by atoms with E-state index in [-0.39, 0.29) is 5.75 Å². The summed E-state index contributed by atoms with van der Waals surface area (Å²) in [5.74, 6) is -4.27. The minimum atomic E-state index is -1.44. The Balaban J connectivity index is 2.03. The zero-order valence-electron chi connectivity index (χ0n) is 20.0. The van der Waals surface area contributed by atoms with Gasteiger partial charge in [-0.1, -0.05) is 83.6 Å². The number of phenols is 1. The van der Waals surface area contributed by atoms with E-state index in [4.69, 9.17) is 0 Å². The summed E-state index contributed by atoms with van der Waals surface area (Å²) in [5.41, 5.74) is 3.49. The smallest absolute Gasteiger partial charge is 0.252 e. The molecule has 4 nitrogen and oxygen atoms in total. The molecule has 0 spiro atoms. The lowest BCUT2D eigenvalue weighted by Crippen LogP contribution is -2.17. The van der Waals surface area contributed by atoms with Crippen LogP contribution in [0.1, 0.15) is 58.2 Å². The van der Waals surface area contributed by atoms with Crippen LogP contribution in [0.3, 0.4) is 0 Å². The van der Waals surface area contributed by atoms with Crippen molar-refractivity contribution < 1.29 is 18.3 Å². The van der Waals surface area contributed by atoms with Crippen LogP contribution < -0.4 is 5.43 Å². The molecule has 0 aliphatic rings. The highest BCUT2D eigenvalue weighted by molar-refractivity contribution is 7.99. The Morgan fingerprint density at radius 3 is 2.00 bits per heavy atom. The molecule has 180 valence electrons. The summed E-state index contributed by atoms with van der Waals surface area (Å²) in [6.45, 7) is 11.6. The van der Waals surface area contributed by atoms with Crippen LogP contribution in [0, 0.1) is 17.6 Å². The second kappa shape index (κ2) is 9.70. The third-order valence-corrected chi connectivity index (χ3v) is 6.13. The zero-order valence-corrected chi connectivity index (χ0v) is 20.8. The van der Waals surface area contributed by atoms with Gasteiger partial charge in [0.05, 0.1) is 11.1 Å². The molecule has 1 aromatic heterocycles. The highest BCUT2D eigenvalue weighted by atomic mass is 32.2. The van der Waals surface area contributed by atoms with Crippen LogP contribution in [0.2, 0.25) is 0 Å². The van der Waals surface area contributed by atoms with Crippen LogP contribution in [-0.4, -0.2) is 16.3 Å². The highest BCUT2D eigenvalue weighted by Crippen LogP contribution is 2.44. The molecule has 2 aromatic carbocycles. The summed E-state index contributed by atoms with van der Waals surface area (Å²) in [6.07, 6.45) is 1.42. The molecule has 3 rings (SSSR count). The second-order valence-electron chi connectivity index (χ2n) is 9.96. The molecule has 0 aliphatic carbocycles. The van der Waals surface area contributed by atoms with Crippen LogP contribution in [0.4, 0.5) is 19.0 Å². The first-order valence-electron chi connectivity index (χ1n) is 10.7. The van der Waals surface area contributed by atoms with Crippen molar-refractivity contribution in [2.45, 2.75) is 62.2 Å².